The number of halogens is 5. The van der Waals surface area contributed by atoms with E-state index in [-0.39, 0.29) is 68.4 Å². The van der Waals surface area contributed by atoms with E-state index < -0.39 is 23.3 Å². The number of aromatic nitrogens is 4. The fourth-order valence-corrected chi connectivity index (χ4v) is 10.2. The van der Waals surface area contributed by atoms with Crippen molar-refractivity contribution in [2.75, 3.05) is 0 Å². The third kappa shape index (κ3) is 4.40. The van der Waals surface area contributed by atoms with E-state index in [9.17, 15) is 31.5 Å². The number of nitrogens with zero attached hydrogens (tertiary/aromatic N) is 3. The van der Waals surface area contributed by atoms with Crippen molar-refractivity contribution in [3.8, 4) is 11.4 Å². The van der Waals surface area contributed by atoms with Gasteiger partial charge in [-0.2, -0.15) is 0 Å². The van der Waals surface area contributed by atoms with Crippen molar-refractivity contribution in [3.05, 3.63) is 139 Å². The monoisotopic (exact) mass is 716 g/mol. The fourth-order valence-electron chi connectivity index (χ4n) is 10.2. The van der Waals surface area contributed by atoms with Crippen LogP contribution in [-0.2, 0) is 17.4 Å². The van der Waals surface area contributed by atoms with Gasteiger partial charge in [0.2, 0.25) is 0 Å². The second kappa shape index (κ2) is 11.2. The highest BCUT2D eigenvalue weighted by Gasteiger charge is 2.63. The van der Waals surface area contributed by atoms with Gasteiger partial charge >= 0.3 is 0 Å². The van der Waals surface area contributed by atoms with E-state index in [1.165, 1.54) is 27.6 Å². The summed E-state index contributed by atoms with van der Waals surface area (Å²) in [5, 5.41) is 3.11. The lowest BCUT2D eigenvalue weighted by Crippen LogP contribution is -2.36. The van der Waals surface area contributed by atoms with Gasteiger partial charge in [0.15, 0.2) is 11.6 Å². The highest BCUT2D eigenvalue weighted by molar-refractivity contribution is 5.49. The number of benzene rings is 3. The molecule has 0 aliphatic heterocycles. The molecule has 5 aromatic rings. The number of H-pyrrole nitrogens is 1. The molecular formula is C41H41F5N4O2. The molecule has 0 amide bonds. The number of fused-ring (bicyclic) bond motifs is 10. The summed E-state index contributed by atoms with van der Waals surface area (Å²) in [6, 6.07) is 12.8. The molecule has 2 heterocycles. The first-order valence-electron chi connectivity index (χ1n) is 17.8. The van der Waals surface area contributed by atoms with Gasteiger partial charge in [0.1, 0.15) is 28.8 Å². The third-order valence-corrected chi connectivity index (χ3v) is 13.9. The Balaban J connectivity index is 0.000000156. The predicted octanol–water partition coefficient (Wildman–Crippen LogP) is 8.90. The standard InChI is InChI=1S/C24H23F3N2O.C17H18F2N2O/c1-23(2)16-10-11-24(23,3)21-20(16)22(30)29(19-9-8-15(25)12-18(19)27)28(21)13-14-6-4-5-7-17(14)26;1-16(2)10-6-7-17(16,3)14-13(10)15(22)21(20-14)12-5-4-9(18)8-11(12)19/h4-9,12,16H,10-11,13H2,1-3H3;4-5,8,10,20H,6-7H2,1-3H3/t16-,24+;10-,17+/m11/s1. The predicted molar refractivity (Wildman–Crippen MR) is 188 cm³/mol. The first-order valence-corrected chi connectivity index (χ1v) is 17.8. The Hall–Kier alpha value is -4.67. The van der Waals surface area contributed by atoms with Crippen LogP contribution < -0.4 is 11.1 Å². The molecule has 9 rings (SSSR count). The summed E-state index contributed by atoms with van der Waals surface area (Å²) in [4.78, 5) is 26.4. The van der Waals surface area contributed by atoms with Crippen LogP contribution in [-0.4, -0.2) is 19.1 Å². The van der Waals surface area contributed by atoms with Gasteiger partial charge < -0.3 is 0 Å². The molecule has 52 heavy (non-hydrogen) atoms. The van der Waals surface area contributed by atoms with Crippen molar-refractivity contribution < 1.29 is 22.0 Å². The van der Waals surface area contributed by atoms with E-state index in [1.807, 2.05) is 0 Å². The van der Waals surface area contributed by atoms with Gasteiger partial charge in [0.25, 0.3) is 11.1 Å². The fraction of sp³-hybridized carbons (Fsp3) is 0.415. The van der Waals surface area contributed by atoms with E-state index in [2.05, 4.69) is 46.6 Å². The van der Waals surface area contributed by atoms with Crippen molar-refractivity contribution in [2.45, 2.75) is 96.4 Å². The molecule has 2 aromatic heterocycles. The molecule has 4 atom stereocenters. The summed E-state index contributed by atoms with van der Waals surface area (Å²) < 4.78 is 74.1. The summed E-state index contributed by atoms with van der Waals surface area (Å²) in [6.45, 7) is 13.1. The lowest BCUT2D eigenvalue weighted by Gasteiger charge is -2.36. The van der Waals surface area contributed by atoms with Gasteiger partial charge in [-0.1, -0.05) is 59.7 Å². The van der Waals surface area contributed by atoms with Gasteiger partial charge in [-0.25, -0.2) is 31.3 Å². The van der Waals surface area contributed by atoms with Crippen LogP contribution in [0.2, 0.25) is 0 Å². The van der Waals surface area contributed by atoms with Gasteiger partial charge in [-0.05, 0) is 78.7 Å². The minimum atomic E-state index is -0.820. The smallest absolute Gasteiger partial charge is 0.275 e. The minimum Gasteiger partial charge on any atom is -0.294 e. The normalized spacial score (nSPS) is 25.6. The van der Waals surface area contributed by atoms with Crippen LogP contribution in [0.3, 0.4) is 0 Å². The number of aromatic amines is 1. The van der Waals surface area contributed by atoms with Gasteiger partial charge in [0.05, 0.1) is 12.2 Å². The highest BCUT2D eigenvalue weighted by atomic mass is 19.1. The van der Waals surface area contributed by atoms with Crippen molar-refractivity contribution in [3.63, 3.8) is 0 Å². The summed E-state index contributed by atoms with van der Waals surface area (Å²) in [5.41, 5.74) is 2.69. The topological polar surface area (TPSA) is 64.7 Å². The van der Waals surface area contributed by atoms with E-state index in [0.29, 0.717) is 11.1 Å². The van der Waals surface area contributed by atoms with E-state index in [4.69, 9.17) is 0 Å². The molecule has 6 nitrogen and oxygen atoms in total. The largest absolute Gasteiger partial charge is 0.294 e. The zero-order valence-electron chi connectivity index (χ0n) is 30.0. The Morgan fingerprint density at radius 2 is 1.23 bits per heavy atom. The second-order valence-electron chi connectivity index (χ2n) is 16.6. The lowest BCUT2D eigenvalue weighted by atomic mass is 9.70. The highest BCUT2D eigenvalue weighted by Crippen LogP contribution is 2.68. The molecule has 3 aromatic carbocycles. The van der Waals surface area contributed by atoms with Crippen LogP contribution in [0.4, 0.5) is 22.0 Å². The molecule has 2 saturated carbocycles. The molecule has 4 bridgehead atoms. The van der Waals surface area contributed by atoms with Gasteiger partial charge in [0, 0.05) is 45.3 Å². The molecule has 0 spiro atoms. The zero-order chi connectivity index (χ0) is 37.3. The SMILES string of the molecule is CC1(C)[C@@H]2CC[C@@]1(C)c1[nH]n(-c3ccc(F)cc3F)c(=O)c12.CC1(C)[C@@H]2CC[C@@]1(C)c1c2c(=O)n(-c2ccc(F)cc2F)n1Cc1ccccc1F. The molecule has 11 heteroatoms. The second-order valence-corrected chi connectivity index (χ2v) is 16.6. The Labute approximate surface area is 297 Å². The maximum absolute atomic E-state index is 14.7. The number of rotatable bonds is 4. The number of nitrogens with one attached hydrogen (secondary N) is 1. The van der Waals surface area contributed by atoms with Crippen LogP contribution in [0.5, 0.6) is 0 Å². The summed E-state index contributed by atoms with van der Waals surface area (Å²) in [7, 11) is 0. The van der Waals surface area contributed by atoms with Gasteiger partial charge in [-0.3, -0.25) is 19.4 Å². The van der Waals surface area contributed by atoms with E-state index in [0.717, 1.165) is 66.9 Å². The summed E-state index contributed by atoms with van der Waals surface area (Å²) >= 11 is 0. The Morgan fingerprint density at radius 1 is 0.673 bits per heavy atom. The average molecular weight is 717 g/mol. The van der Waals surface area contributed by atoms with Crippen molar-refractivity contribution in [2.24, 2.45) is 10.8 Å². The van der Waals surface area contributed by atoms with Crippen LogP contribution in [0.15, 0.2) is 70.3 Å². The summed E-state index contributed by atoms with van der Waals surface area (Å²) in [6.07, 6.45) is 3.80. The third-order valence-electron chi connectivity index (χ3n) is 13.9. The average Bonchev–Trinajstić information content (AvgIpc) is 3.79. The van der Waals surface area contributed by atoms with Crippen LogP contribution in [0, 0.1) is 39.9 Å². The Bertz CT molecular complexity index is 2420. The molecule has 0 saturated heterocycles. The van der Waals surface area contributed by atoms with Crippen molar-refractivity contribution in [1.29, 1.82) is 0 Å². The maximum atomic E-state index is 14.7. The first kappa shape index (κ1) is 34.4. The van der Waals surface area contributed by atoms with Crippen LogP contribution in [0.1, 0.15) is 107 Å². The maximum Gasteiger partial charge on any atom is 0.275 e. The molecular weight excluding hydrogens is 675 g/mol. The van der Waals surface area contributed by atoms with Crippen molar-refractivity contribution in [1.82, 2.24) is 19.1 Å². The van der Waals surface area contributed by atoms with E-state index >= 15 is 0 Å². The van der Waals surface area contributed by atoms with Crippen molar-refractivity contribution >= 4 is 0 Å². The zero-order valence-corrected chi connectivity index (χ0v) is 30.0. The Kier molecular flexibility index (Phi) is 7.39. The van der Waals surface area contributed by atoms with E-state index in [1.54, 1.807) is 22.9 Å². The first-order chi connectivity index (χ1) is 24.4. The number of hydrogen-bond donors (Lipinski definition) is 1. The number of hydrogen-bond acceptors (Lipinski definition) is 2. The molecule has 272 valence electrons. The van der Waals surface area contributed by atoms with Gasteiger partial charge in [-0.15, -0.1) is 0 Å². The Morgan fingerprint density at radius 3 is 1.83 bits per heavy atom. The molecule has 2 fully saturated rings. The van der Waals surface area contributed by atoms with Crippen LogP contribution >= 0.6 is 0 Å². The molecule has 4 aliphatic carbocycles. The quantitative estimate of drug-likeness (QED) is 0.189. The molecule has 4 aliphatic rings. The molecule has 0 unspecified atom stereocenters. The molecule has 1 N–H and O–H groups in total. The minimum absolute atomic E-state index is 0.0204. The van der Waals surface area contributed by atoms with Crippen LogP contribution in [0.25, 0.3) is 11.4 Å². The lowest BCUT2D eigenvalue weighted by molar-refractivity contribution is 0.216. The summed E-state index contributed by atoms with van der Waals surface area (Å²) in [5.74, 6) is -3.05. The molecule has 0 radical (unpaired) electrons.